The van der Waals surface area contributed by atoms with Crippen molar-refractivity contribution in [2.24, 2.45) is 5.92 Å². The van der Waals surface area contributed by atoms with Gasteiger partial charge in [-0.1, -0.05) is 13.8 Å². The van der Waals surface area contributed by atoms with E-state index in [0.29, 0.717) is 0 Å². The molecule has 1 rings (SSSR count). The molecule has 98 valence electrons. The van der Waals surface area contributed by atoms with Crippen LogP contribution in [0.5, 0.6) is 0 Å². The van der Waals surface area contributed by atoms with E-state index >= 15 is 0 Å². The van der Waals surface area contributed by atoms with Gasteiger partial charge in [0.1, 0.15) is 6.04 Å². The number of carbonyl (C=O) groups excluding carboxylic acids is 1. The maximum absolute atomic E-state index is 11.9. The molecule has 0 aliphatic carbocycles. The van der Waals surface area contributed by atoms with Crippen LogP contribution in [0.3, 0.4) is 0 Å². The van der Waals surface area contributed by atoms with Gasteiger partial charge in [0.15, 0.2) is 0 Å². The monoisotopic (exact) mass is 260 g/mol. The van der Waals surface area contributed by atoms with Crippen LogP contribution in [0.15, 0.2) is 0 Å². The lowest BCUT2D eigenvalue weighted by molar-refractivity contribution is -0.140. The zero-order valence-corrected chi connectivity index (χ0v) is 11.3. The fourth-order valence-electron chi connectivity index (χ4n) is 1.74. The van der Waals surface area contributed by atoms with E-state index in [1.807, 2.05) is 11.8 Å². The van der Waals surface area contributed by atoms with Gasteiger partial charge in [-0.15, -0.1) is 0 Å². The zero-order chi connectivity index (χ0) is 13.0. The summed E-state index contributed by atoms with van der Waals surface area (Å²) in [6.45, 7) is 3.56. The second kappa shape index (κ2) is 6.14. The van der Waals surface area contributed by atoms with Crippen LogP contribution in [0, 0.1) is 5.92 Å². The summed E-state index contributed by atoms with van der Waals surface area (Å²) in [6.07, 6.45) is 0.980. The minimum absolute atomic E-state index is 0.122. The first-order chi connectivity index (χ1) is 7.93. The van der Waals surface area contributed by atoms with Crippen LogP contribution in [0.4, 0.5) is 4.79 Å². The van der Waals surface area contributed by atoms with Crippen molar-refractivity contribution >= 4 is 23.8 Å². The Balaban J connectivity index is 2.54. The van der Waals surface area contributed by atoms with Gasteiger partial charge in [0.05, 0.1) is 0 Å². The Hall–Kier alpha value is -0.910. The molecule has 1 fully saturated rings. The third kappa shape index (κ3) is 3.80. The molecule has 0 aromatic heterocycles. The van der Waals surface area contributed by atoms with Gasteiger partial charge in [-0.3, -0.25) is 0 Å². The highest BCUT2D eigenvalue weighted by atomic mass is 32.2. The summed E-state index contributed by atoms with van der Waals surface area (Å²) in [4.78, 5) is 24.5. The number of hydrogen-bond donors (Lipinski definition) is 2. The van der Waals surface area contributed by atoms with Crippen molar-refractivity contribution in [3.63, 3.8) is 0 Å². The number of amides is 2. The number of aliphatic carboxylic acids is 1. The van der Waals surface area contributed by atoms with Crippen LogP contribution in [0.2, 0.25) is 0 Å². The summed E-state index contributed by atoms with van der Waals surface area (Å²) >= 11 is 1.82. The predicted molar refractivity (Wildman–Crippen MR) is 68.3 cm³/mol. The van der Waals surface area contributed by atoms with Crippen molar-refractivity contribution in [1.29, 1.82) is 0 Å². The Kier molecular flexibility index (Phi) is 5.11. The first kappa shape index (κ1) is 14.2. The molecule has 0 spiro atoms. The molecule has 17 heavy (non-hydrogen) atoms. The number of carbonyl (C=O) groups is 2. The van der Waals surface area contributed by atoms with Crippen LogP contribution in [0.25, 0.3) is 0 Å². The number of nitrogens with zero attached hydrogens (tertiary/aromatic N) is 1. The SMILES string of the molecule is CC(C)[C@@H](NC(=O)N(C)C1CCSC1)C(=O)O. The topological polar surface area (TPSA) is 69.6 Å². The summed E-state index contributed by atoms with van der Waals surface area (Å²) in [5.41, 5.74) is 0. The molecular formula is C11H20N2O3S. The first-order valence-corrected chi connectivity index (χ1v) is 6.92. The Morgan fingerprint density at radius 1 is 1.47 bits per heavy atom. The van der Waals surface area contributed by atoms with E-state index in [2.05, 4.69) is 5.32 Å². The number of thioether (sulfide) groups is 1. The molecule has 1 unspecified atom stereocenters. The lowest BCUT2D eigenvalue weighted by Gasteiger charge is -2.27. The van der Waals surface area contributed by atoms with E-state index in [9.17, 15) is 9.59 Å². The van der Waals surface area contributed by atoms with Gasteiger partial charge in [0.25, 0.3) is 0 Å². The number of nitrogens with one attached hydrogen (secondary N) is 1. The van der Waals surface area contributed by atoms with E-state index < -0.39 is 12.0 Å². The molecule has 1 aliphatic rings. The number of carboxylic acid groups (broad SMARTS) is 1. The van der Waals surface area contributed by atoms with Crippen LogP contribution >= 0.6 is 11.8 Å². The smallest absolute Gasteiger partial charge is 0.326 e. The van der Waals surface area contributed by atoms with Crippen molar-refractivity contribution < 1.29 is 14.7 Å². The summed E-state index contributed by atoms with van der Waals surface area (Å²) in [7, 11) is 1.73. The van der Waals surface area contributed by atoms with Gasteiger partial charge in [-0.2, -0.15) is 11.8 Å². The summed E-state index contributed by atoms with van der Waals surface area (Å²) in [6, 6.07) is -0.890. The van der Waals surface area contributed by atoms with E-state index in [-0.39, 0.29) is 18.0 Å². The third-order valence-electron chi connectivity index (χ3n) is 2.99. The average Bonchev–Trinajstić information content (AvgIpc) is 2.76. The number of rotatable bonds is 4. The fraction of sp³-hybridized carbons (Fsp3) is 0.818. The average molecular weight is 260 g/mol. The molecule has 6 heteroatoms. The summed E-state index contributed by atoms with van der Waals surface area (Å²) in [5, 5.41) is 11.6. The van der Waals surface area contributed by atoms with Gasteiger partial charge < -0.3 is 15.3 Å². The molecule has 2 N–H and O–H groups in total. The Bertz CT molecular complexity index is 290. The molecule has 1 heterocycles. The van der Waals surface area contributed by atoms with Crippen molar-refractivity contribution in [2.75, 3.05) is 18.6 Å². The third-order valence-corrected chi connectivity index (χ3v) is 4.13. The number of carboxylic acids is 1. The van der Waals surface area contributed by atoms with Crippen molar-refractivity contribution in [1.82, 2.24) is 10.2 Å². The minimum atomic E-state index is -0.984. The van der Waals surface area contributed by atoms with Gasteiger partial charge >= 0.3 is 12.0 Å². The van der Waals surface area contributed by atoms with Crippen molar-refractivity contribution in [3.05, 3.63) is 0 Å². The van der Waals surface area contributed by atoms with Gasteiger partial charge in [-0.05, 0) is 18.1 Å². The Labute approximate surface area is 106 Å². The molecule has 0 radical (unpaired) electrons. The lowest BCUT2D eigenvalue weighted by atomic mass is 10.1. The van der Waals surface area contributed by atoms with Gasteiger partial charge in [0, 0.05) is 18.8 Å². The number of urea groups is 1. The van der Waals surface area contributed by atoms with Gasteiger partial charge in [-0.25, -0.2) is 9.59 Å². The highest BCUT2D eigenvalue weighted by Crippen LogP contribution is 2.21. The lowest BCUT2D eigenvalue weighted by Crippen LogP contribution is -2.51. The Morgan fingerprint density at radius 2 is 2.12 bits per heavy atom. The van der Waals surface area contributed by atoms with Crippen LogP contribution in [-0.4, -0.2) is 52.6 Å². The standard InChI is InChI=1S/C11H20N2O3S/c1-7(2)9(10(14)15)12-11(16)13(3)8-4-5-17-6-8/h7-9H,4-6H2,1-3H3,(H,12,16)(H,14,15)/t8?,9-/m1/s1. The molecule has 2 atom stereocenters. The highest BCUT2D eigenvalue weighted by Gasteiger charge is 2.28. The highest BCUT2D eigenvalue weighted by molar-refractivity contribution is 7.99. The minimum Gasteiger partial charge on any atom is -0.480 e. The van der Waals surface area contributed by atoms with E-state index in [4.69, 9.17) is 5.11 Å². The normalized spacial score (nSPS) is 21.3. The van der Waals surface area contributed by atoms with Crippen molar-refractivity contribution in [3.8, 4) is 0 Å². The van der Waals surface area contributed by atoms with E-state index in [0.717, 1.165) is 17.9 Å². The predicted octanol–water partition coefficient (Wildman–Crippen LogP) is 1.24. The van der Waals surface area contributed by atoms with Gasteiger partial charge in [0.2, 0.25) is 0 Å². The number of hydrogen-bond acceptors (Lipinski definition) is 3. The molecule has 1 aliphatic heterocycles. The summed E-state index contributed by atoms with van der Waals surface area (Å²) in [5.74, 6) is 0.892. The molecule has 0 aromatic rings. The molecule has 0 saturated carbocycles. The maximum Gasteiger partial charge on any atom is 0.326 e. The molecular weight excluding hydrogens is 240 g/mol. The quantitative estimate of drug-likeness (QED) is 0.798. The second-order valence-corrected chi connectivity index (χ2v) is 5.79. The molecule has 0 bridgehead atoms. The first-order valence-electron chi connectivity index (χ1n) is 5.77. The van der Waals surface area contributed by atoms with Crippen LogP contribution < -0.4 is 5.32 Å². The fourth-order valence-corrected chi connectivity index (χ4v) is 3.01. The Morgan fingerprint density at radius 3 is 2.53 bits per heavy atom. The molecule has 1 saturated heterocycles. The van der Waals surface area contributed by atoms with Crippen LogP contribution in [-0.2, 0) is 4.79 Å². The zero-order valence-electron chi connectivity index (χ0n) is 10.5. The second-order valence-electron chi connectivity index (χ2n) is 4.64. The summed E-state index contributed by atoms with van der Waals surface area (Å²) < 4.78 is 0. The molecule has 2 amide bonds. The maximum atomic E-state index is 11.9. The van der Waals surface area contributed by atoms with Crippen molar-refractivity contribution in [2.45, 2.75) is 32.4 Å². The molecule has 0 aromatic carbocycles. The largest absolute Gasteiger partial charge is 0.480 e. The van der Waals surface area contributed by atoms with E-state index in [1.54, 1.807) is 25.8 Å². The van der Waals surface area contributed by atoms with E-state index in [1.165, 1.54) is 0 Å². The molecule has 5 nitrogen and oxygen atoms in total. The van der Waals surface area contributed by atoms with Crippen LogP contribution in [0.1, 0.15) is 20.3 Å².